The lowest BCUT2D eigenvalue weighted by molar-refractivity contribution is -0.140. The first-order chi connectivity index (χ1) is 7.51. The fraction of sp³-hybridized carbons (Fsp3) is 0.625. The maximum absolute atomic E-state index is 11.1. The van der Waals surface area contributed by atoms with Gasteiger partial charge in [-0.3, -0.25) is 4.79 Å². The Balaban J connectivity index is 3.81. The van der Waals surface area contributed by atoms with Crippen molar-refractivity contribution < 1.29 is 24.6 Å². The summed E-state index contributed by atoms with van der Waals surface area (Å²) in [5, 5.41) is 23.8. The minimum Gasteiger partial charge on any atom is -0.480 e. The minimum absolute atomic E-state index is 0.0866. The highest BCUT2D eigenvalue weighted by Gasteiger charge is 2.18. The van der Waals surface area contributed by atoms with E-state index in [1.165, 1.54) is 7.05 Å². The Morgan fingerprint density at radius 3 is 2.38 bits per heavy atom. The van der Waals surface area contributed by atoms with E-state index >= 15 is 0 Å². The second kappa shape index (κ2) is 7.46. The second-order valence-electron chi connectivity index (χ2n) is 2.90. The van der Waals surface area contributed by atoms with Crippen LogP contribution in [0.5, 0.6) is 0 Å². The number of amides is 3. The van der Waals surface area contributed by atoms with E-state index in [0.717, 1.165) is 0 Å². The molecule has 92 valence electrons. The molecule has 1 atom stereocenters. The second-order valence-corrected chi connectivity index (χ2v) is 2.90. The van der Waals surface area contributed by atoms with Gasteiger partial charge >= 0.3 is 12.0 Å². The summed E-state index contributed by atoms with van der Waals surface area (Å²) in [5.74, 6) is -1.57. The molecule has 0 radical (unpaired) electrons. The first-order valence-electron chi connectivity index (χ1n) is 4.59. The average Bonchev–Trinajstić information content (AvgIpc) is 2.25. The molecule has 0 aromatic carbocycles. The van der Waals surface area contributed by atoms with E-state index in [1.54, 1.807) is 0 Å². The maximum atomic E-state index is 11.1. The lowest BCUT2D eigenvalue weighted by Gasteiger charge is -2.12. The molecule has 0 aliphatic carbocycles. The number of aliphatic hydroxyl groups is 1. The zero-order valence-electron chi connectivity index (χ0n) is 8.82. The first-order valence-corrected chi connectivity index (χ1v) is 4.59. The number of urea groups is 1. The zero-order chi connectivity index (χ0) is 12.6. The smallest absolute Gasteiger partial charge is 0.328 e. The monoisotopic (exact) mass is 233 g/mol. The number of carbonyl (C=O) groups excluding carboxylic acids is 2. The number of aliphatic hydroxyl groups excluding tert-OH is 1. The molecule has 0 saturated carbocycles. The zero-order valence-corrected chi connectivity index (χ0v) is 8.82. The van der Waals surface area contributed by atoms with Crippen molar-refractivity contribution in [2.24, 2.45) is 0 Å². The van der Waals surface area contributed by atoms with Gasteiger partial charge in [0.25, 0.3) is 0 Å². The number of carboxylic acids is 1. The van der Waals surface area contributed by atoms with Crippen molar-refractivity contribution in [3.63, 3.8) is 0 Å². The summed E-state index contributed by atoms with van der Waals surface area (Å²) in [6, 6.07) is -2.09. The van der Waals surface area contributed by atoms with Crippen molar-refractivity contribution in [1.82, 2.24) is 16.0 Å². The van der Waals surface area contributed by atoms with Gasteiger partial charge < -0.3 is 26.2 Å². The highest BCUT2D eigenvalue weighted by molar-refractivity contribution is 5.83. The molecule has 5 N–H and O–H groups in total. The summed E-state index contributed by atoms with van der Waals surface area (Å²) in [6.07, 6.45) is 0.0980. The van der Waals surface area contributed by atoms with Crippen LogP contribution in [-0.2, 0) is 9.59 Å². The number of carbonyl (C=O) groups is 3. The molecule has 0 aromatic heterocycles. The maximum Gasteiger partial charge on any atom is 0.328 e. The van der Waals surface area contributed by atoms with Gasteiger partial charge in [-0.05, 0) is 0 Å². The summed E-state index contributed by atoms with van der Waals surface area (Å²) < 4.78 is 0. The molecule has 0 spiro atoms. The van der Waals surface area contributed by atoms with Crippen LogP contribution < -0.4 is 16.0 Å². The van der Waals surface area contributed by atoms with Gasteiger partial charge in [0.05, 0.1) is 6.61 Å². The fourth-order valence-corrected chi connectivity index (χ4v) is 0.809. The van der Waals surface area contributed by atoms with E-state index in [-0.39, 0.29) is 18.9 Å². The fourth-order valence-electron chi connectivity index (χ4n) is 0.809. The number of aliphatic carboxylic acids is 1. The van der Waals surface area contributed by atoms with Crippen LogP contribution in [0, 0.1) is 0 Å². The van der Waals surface area contributed by atoms with Crippen LogP contribution in [0.25, 0.3) is 0 Å². The molecule has 0 heterocycles. The summed E-state index contributed by atoms with van der Waals surface area (Å²) in [4.78, 5) is 32.2. The predicted octanol–water partition coefficient (Wildman–Crippen LogP) is -2.13. The van der Waals surface area contributed by atoms with Crippen LogP contribution in [0.15, 0.2) is 0 Å². The van der Waals surface area contributed by atoms with E-state index in [9.17, 15) is 14.4 Å². The molecule has 0 bridgehead atoms. The molecule has 16 heavy (non-hydrogen) atoms. The molecular formula is C8H15N3O5. The lowest BCUT2D eigenvalue weighted by atomic mass is 10.3. The van der Waals surface area contributed by atoms with Gasteiger partial charge in [0.1, 0.15) is 0 Å². The van der Waals surface area contributed by atoms with Crippen LogP contribution in [0.4, 0.5) is 4.79 Å². The predicted molar refractivity (Wildman–Crippen MR) is 53.7 cm³/mol. The topological polar surface area (TPSA) is 128 Å². The molecule has 0 saturated heterocycles. The highest BCUT2D eigenvalue weighted by atomic mass is 16.4. The Morgan fingerprint density at radius 1 is 1.31 bits per heavy atom. The van der Waals surface area contributed by atoms with Crippen LogP contribution in [0.1, 0.15) is 6.42 Å². The summed E-state index contributed by atoms with van der Waals surface area (Å²) in [6.45, 7) is -0.610. The van der Waals surface area contributed by atoms with Crippen LogP contribution in [0.3, 0.4) is 0 Å². The van der Waals surface area contributed by atoms with Crippen molar-refractivity contribution in [3.8, 4) is 0 Å². The van der Waals surface area contributed by atoms with Crippen molar-refractivity contribution in [1.29, 1.82) is 0 Å². The van der Waals surface area contributed by atoms with Gasteiger partial charge in [0.15, 0.2) is 6.04 Å². The Hall–Kier alpha value is -1.83. The molecule has 0 rings (SSSR count). The van der Waals surface area contributed by atoms with Crippen LogP contribution >= 0.6 is 0 Å². The average molecular weight is 233 g/mol. The molecule has 0 unspecified atom stereocenters. The molecule has 3 amide bonds. The van der Waals surface area contributed by atoms with E-state index in [2.05, 4.69) is 10.6 Å². The van der Waals surface area contributed by atoms with Crippen molar-refractivity contribution in [2.45, 2.75) is 12.5 Å². The number of hydrogen-bond acceptors (Lipinski definition) is 4. The van der Waals surface area contributed by atoms with Crippen LogP contribution in [-0.4, -0.2) is 54.4 Å². The highest BCUT2D eigenvalue weighted by Crippen LogP contribution is 1.83. The molecule has 0 fully saturated rings. The molecule has 0 aliphatic heterocycles. The van der Waals surface area contributed by atoms with Crippen LogP contribution in [0.2, 0.25) is 0 Å². The van der Waals surface area contributed by atoms with Gasteiger partial charge in [-0.25, -0.2) is 9.59 Å². The molecular weight excluding hydrogens is 218 g/mol. The third kappa shape index (κ3) is 5.81. The van der Waals surface area contributed by atoms with Gasteiger partial charge in [0, 0.05) is 20.0 Å². The Labute approximate surface area is 92.0 Å². The normalized spacial score (nSPS) is 11.4. The molecule has 0 aliphatic rings. The quantitative estimate of drug-likeness (QED) is 0.358. The molecule has 0 aromatic rings. The summed E-state index contributed by atoms with van der Waals surface area (Å²) in [7, 11) is 1.47. The SMILES string of the molecule is CNC(=O)CCNC(=O)N[C@@H](CO)C(=O)O. The Morgan fingerprint density at radius 2 is 1.94 bits per heavy atom. The third-order valence-corrected chi connectivity index (χ3v) is 1.70. The molecule has 8 nitrogen and oxygen atoms in total. The van der Waals surface area contributed by atoms with Gasteiger partial charge in [-0.2, -0.15) is 0 Å². The third-order valence-electron chi connectivity index (χ3n) is 1.70. The first kappa shape index (κ1) is 14.2. The number of carboxylic acid groups (broad SMARTS) is 1. The van der Waals surface area contributed by atoms with E-state index in [0.29, 0.717) is 0 Å². The van der Waals surface area contributed by atoms with E-state index in [1.807, 2.05) is 5.32 Å². The lowest BCUT2D eigenvalue weighted by Crippen LogP contribution is -2.48. The van der Waals surface area contributed by atoms with Crippen molar-refractivity contribution in [2.75, 3.05) is 20.2 Å². The Kier molecular flexibility index (Phi) is 6.61. The standard InChI is InChI=1S/C8H15N3O5/c1-9-6(13)2-3-10-8(16)11-5(4-12)7(14)15/h5,12H,2-4H2,1H3,(H,9,13)(H,14,15)(H2,10,11,16)/t5-/m0/s1. The Bertz CT molecular complexity index is 268. The summed E-state index contributed by atoms with van der Waals surface area (Å²) in [5.41, 5.74) is 0. The van der Waals surface area contributed by atoms with Crippen molar-refractivity contribution >= 4 is 17.9 Å². The number of nitrogens with one attached hydrogen (secondary N) is 3. The molecule has 8 heteroatoms. The van der Waals surface area contributed by atoms with E-state index < -0.39 is 24.6 Å². The largest absolute Gasteiger partial charge is 0.480 e. The minimum atomic E-state index is -1.35. The number of hydrogen-bond donors (Lipinski definition) is 5. The number of rotatable bonds is 6. The van der Waals surface area contributed by atoms with Gasteiger partial charge in [0.2, 0.25) is 5.91 Å². The van der Waals surface area contributed by atoms with Gasteiger partial charge in [-0.15, -0.1) is 0 Å². The van der Waals surface area contributed by atoms with E-state index in [4.69, 9.17) is 10.2 Å². The van der Waals surface area contributed by atoms with Crippen molar-refractivity contribution in [3.05, 3.63) is 0 Å². The summed E-state index contributed by atoms with van der Waals surface area (Å²) >= 11 is 0. The van der Waals surface area contributed by atoms with Gasteiger partial charge in [-0.1, -0.05) is 0 Å².